The van der Waals surface area contributed by atoms with Crippen LogP contribution in [0.5, 0.6) is 0 Å². The normalized spacial score (nSPS) is 25.4. The molecule has 0 aromatic heterocycles. The standard InChI is InChI=1S/C13H24N2O5/c1-11(2)7-9(8-20-15(18)19)12(3,4)14(11)13(5,6)10(16)17/h9H,7-8H2,1-6H3,(H,16,17). The summed E-state index contributed by atoms with van der Waals surface area (Å²) in [6, 6.07) is 0. The van der Waals surface area contributed by atoms with E-state index >= 15 is 0 Å². The van der Waals surface area contributed by atoms with Crippen LogP contribution in [-0.4, -0.2) is 44.3 Å². The summed E-state index contributed by atoms with van der Waals surface area (Å²) in [5, 5.41) is 19.1. The van der Waals surface area contributed by atoms with Crippen molar-refractivity contribution in [3.63, 3.8) is 0 Å². The maximum absolute atomic E-state index is 11.6. The van der Waals surface area contributed by atoms with Gasteiger partial charge in [-0.05, 0) is 48.0 Å². The van der Waals surface area contributed by atoms with Gasteiger partial charge < -0.3 is 9.94 Å². The number of carbonyl (C=O) groups is 1. The van der Waals surface area contributed by atoms with Crippen LogP contribution in [-0.2, 0) is 9.63 Å². The molecule has 0 amide bonds. The van der Waals surface area contributed by atoms with Crippen molar-refractivity contribution in [3.8, 4) is 0 Å². The molecule has 7 nitrogen and oxygen atoms in total. The molecule has 1 aliphatic heterocycles. The van der Waals surface area contributed by atoms with Gasteiger partial charge >= 0.3 is 5.97 Å². The lowest BCUT2D eigenvalue weighted by atomic mass is 9.86. The van der Waals surface area contributed by atoms with Crippen molar-refractivity contribution in [1.29, 1.82) is 0 Å². The molecule has 1 fully saturated rings. The lowest BCUT2D eigenvalue weighted by Gasteiger charge is -2.49. The molecule has 0 aromatic rings. The van der Waals surface area contributed by atoms with Gasteiger partial charge in [-0.15, -0.1) is 10.1 Å². The maximum atomic E-state index is 11.6. The van der Waals surface area contributed by atoms with E-state index in [9.17, 15) is 20.0 Å². The van der Waals surface area contributed by atoms with Gasteiger partial charge in [-0.25, -0.2) is 0 Å². The zero-order valence-electron chi connectivity index (χ0n) is 13.0. The Hall–Kier alpha value is -1.37. The van der Waals surface area contributed by atoms with Gasteiger partial charge in [0.2, 0.25) is 0 Å². The molecule has 0 bridgehead atoms. The molecule has 0 saturated carbocycles. The second-order valence-electron chi connectivity index (χ2n) is 7.09. The zero-order valence-corrected chi connectivity index (χ0v) is 13.0. The van der Waals surface area contributed by atoms with Crippen molar-refractivity contribution >= 4 is 5.97 Å². The zero-order chi connectivity index (χ0) is 15.9. The first kappa shape index (κ1) is 16.7. The molecule has 116 valence electrons. The number of carboxylic acid groups (broad SMARTS) is 1. The van der Waals surface area contributed by atoms with Crippen LogP contribution in [0.25, 0.3) is 0 Å². The molecule has 0 spiro atoms. The predicted molar refractivity (Wildman–Crippen MR) is 72.8 cm³/mol. The van der Waals surface area contributed by atoms with Crippen molar-refractivity contribution in [2.45, 2.75) is 64.6 Å². The van der Waals surface area contributed by atoms with Gasteiger partial charge in [0.15, 0.2) is 0 Å². The van der Waals surface area contributed by atoms with E-state index in [2.05, 4.69) is 4.84 Å². The minimum absolute atomic E-state index is 0.0182. The number of aliphatic carboxylic acids is 1. The summed E-state index contributed by atoms with van der Waals surface area (Å²) in [5.41, 5.74) is -1.95. The van der Waals surface area contributed by atoms with Crippen LogP contribution in [0.1, 0.15) is 48.0 Å². The van der Waals surface area contributed by atoms with E-state index in [-0.39, 0.29) is 18.1 Å². The topological polar surface area (TPSA) is 92.9 Å². The molecule has 1 N–H and O–H groups in total. The molecule has 1 heterocycles. The van der Waals surface area contributed by atoms with Gasteiger partial charge in [-0.3, -0.25) is 9.69 Å². The lowest BCUT2D eigenvalue weighted by molar-refractivity contribution is -0.759. The smallest absolute Gasteiger partial charge is 0.323 e. The van der Waals surface area contributed by atoms with E-state index in [0.29, 0.717) is 6.42 Å². The van der Waals surface area contributed by atoms with Crippen LogP contribution in [0, 0.1) is 16.0 Å². The van der Waals surface area contributed by atoms with Crippen LogP contribution >= 0.6 is 0 Å². The number of carboxylic acids is 1. The second kappa shape index (κ2) is 4.87. The third-order valence-corrected chi connectivity index (χ3v) is 4.39. The maximum Gasteiger partial charge on any atom is 0.323 e. The Morgan fingerprint density at radius 3 is 2.35 bits per heavy atom. The molecule has 0 radical (unpaired) electrons. The van der Waals surface area contributed by atoms with Crippen molar-refractivity contribution in [2.24, 2.45) is 5.92 Å². The van der Waals surface area contributed by atoms with Gasteiger partial charge in [-0.2, -0.15) is 0 Å². The Balaban J connectivity index is 3.12. The first-order valence-corrected chi connectivity index (χ1v) is 6.64. The van der Waals surface area contributed by atoms with Crippen LogP contribution in [0.15, 0.2) is 0 Å². The highest BCUT2D eigenvalue weighted by Gasteiger charge is 2.58. The summed E-state index contributed by atoms with van der Waals surface area (Å²) in [5.74, 6) is -1.02. The molecule has 0 aromatic carbocycles. The monoisotopic (exact) mass is 288 g/mol. The Bertz CT molecular complexity index is 417. The highest BCUT2D eigenvalue weighted by molar-refractivity contribution is 5.78. The molecule has 7 heteroatoms. The van der Waals surface area contributed by atoms with Gasteiger partial charge in [0, 0.05) is 17.0 Å². The van der Waals surface area contributed by atoms with E-state index in [1.54, 1.807) is 13.8 Å². The minimum Gasteiger partial charge on any atom is -0.480 e. The quantitative estimate of drug-likeness (QED) is 0.614. The van der Waals surface area contributed by atoms with Crippen LogP contribution in [0.3, 0.4) is 0 Å². The minimum atomic E-state index is -1.06. The number of nitrogens with zero attached hydrogens (tertiary/aromatic N) is 2. The Labute approximate surface area is 119 Å². The number of hydrogen-bond acceptors (Lipinski definition) is 5. The average Bonchev–Trinajstić information content (AvgIpc) is 2.40. The second-order valence-corrected chi connectivity index (χ2v) is 7.09. The van der Waals surface area contributed by atoms with Gasteiger partial charge in [-0.1, -0.05) is 0 Å². The average molecular weight is 288 g/mol. The third-order valence-electron chi connectivity index (χ3n) is 4.39. The lowest BCUT2D eigenvalue weighted by Crippen LogP contribution is -2.63. The molecule has 20 heavy (non-hydrogen) atoms. The molecule has 1 aliphatic rings. The molecule has 0 aliphatic carbocycles. The first-order valence-electron chi connectivity index (χ1n) is 6.64. The van der Waals surface area contributed by atoms with Crippen LogP contribution < -0.4 is 0 Å². The molecule has 1 rings (SSSR count). The number of rotatable bonds is 5. The summed E-state index contributed by atoms with van der Waals surface area (Å²) < 4.78 is 0. The van der Waals surface area contributed by atoms with Crippen molar-refractivity contribution in [3.05, 3.63) is 10.1 Å². The van der Waals surface area contributed by atoms with E-state index < -0.39 is 22.1 Å². The highest BCUT2D eigenvalue weighted by Crippen LogP contribution is 2.49. The number of hydrogen-bond donors (Lipinski definition) is 1. The Morgan fingerprint density at radius 2 is 1.95 bits per heavy atom. The SMILES string of the molecule is CC1(C)CC(CO[N+](=O)[O-])C(C)(C)N1C(C)(C)C(=O)O. The molecular weight excluding hydrogens is 264 g/mol. The molecular formula is C13H24N2O5. The molecule has 1 unspecified atom stereocenters. The van der Waals surface area contributed by atoms with Gasteiger partial charge in [0.1, 0.15) is 12.1 Å². The summed E-state index contributed by atoms with van der Waals surface area (Å²) in [6.07, 6.45) is 0.643. The van der Waals surface area contributed by atoms with Crippen molar-refractivity contribution < 1.29 is 19.8 Å². The summed E-state index contributed by atoms with van der Waals surface area (Å²) in [6.45, 7) is 11.1. The largest absolute Gasteiger partial charge is 0.480 e. The van der Waals surface area contributed by atoms with E-state index in [4.69, 9.17) is 0 Å². The fraction of sp³-hybridized carbons (Fsp3) is 0.923. The number of likely N-dealkylation sites (tertiary alicyclic amines) is 1. The van der Waals surface area contributed by atoms with Crippen LogP contribution in [0.2, 0.25) is 0 Å². The highest BCUT2D eigenvalue weighted by atomic mass is 16.9. The van der Waals surface area contributed by atoms with Crippen LogP contribution in [0.4, 0.5) is 0 Å². The summed E-state index contributed by atoms with van der Waals surface area (Å²) in [7, 11) is 0. The van der Waals surface area contributed by atoms with Crippen molar-refractivity contribution in [2.75, 3.05) is 6.61 Å². The van der Waals surface area contributed by atoms with Gasteiger partial charge in [0.05, 0.1) is 0 Å². The summed E-state index contributed by atoms with van der Waals surface area (Å²) >= 11 is 0. The molecule has 1 atom stereocenters. The third kappa shape index (κ3) is 2.72. The van der Waals surface area contributed by atoms with Gasteiger partial charge in [0.25, 0.3) is 5.09 Å². The molecule has 1 saturated heterocycles. The Kier molecular flexibility index (Phi) is 4.07. The fourth-order valence-electron chi connectivity index (χ4n) is 3.89. The first-order chi connectivity index (χ1) is 8.83. The van der Waals surface area contributed by atoms with E-state index in [1.807, 2.05) is 32.6 Å². The Morgan fingerprint density at radius 1 is 1.45 bits per heavy atom. The van der Waals surface area contributed by atoms with E-state index in [1.165, 1.54) is 0 Å². The summed E-state index contributed by atoms with van der Waals surface area (Å²) in [4.78, 5) is 28.4. The van der Waals surface area contributed by atoms with E-state index in [0.717, 1.165) is 0 Å². The van der Waals surface area contributed by atoms with Crippen molar-refractivity contribution in [1.82, 2.24) is 4.90 Å². The fourth-order valence-corrected chi connectivity index (χ4v) is 3.89. The predicted octanol–water partition coefficient (Wildman–Crippen LogP) is 1.94.